The highest BCUT2D eigenvalue weighted by atomic mass is 19.1. The lowest BCUT2D eigenvalue weighted by Gasteiger charge is -2.24. The van der Waals surface area contributed by atoms with Crippen molar-refractivity contribution in [3.8, 4) is 0 Å². The van der Waals surface area contributed by atoms with Gasteiger partial charge in [-0.15, -0.1) is 0 Å². The van der Waals surface area contributed by atoms with Gasteiger partial charge in [-0.3, -0.25) is 4.79 Å². The lowest BCUT2D eigenvalue weighted by Crippen LogP contribution is -2.36. The summed E-state index contributed by atoms with van der Waals surface area (Å²) in [5.41, 5.74) is 0.773. The van der Waals surface area contributed by atoms with E-state index in [1.165, 1.54) is 23.1 Å². The average molecular weight is 263 g/mol. The molecule has 0 radical (unpaired) electrons. The van der Waals surface area contributed by atoms with Crippen molar-refractivity contribution in [2.45, 2.75) is 12.8 Å². The number of carbonyl (C=O) groups is 2. The normalized spacial score (nSPS) is 15.0. The SMILES string of the molecule is O=C(O)c1cccc(CC(=O)N2CCC=C(F)C2)c1. The van der Waals surface area contributed by atoms with E-state index in [9.17, 15) is 14.0 Å². The zero-order chi connectivity index (χ0) is 13.8. The number of hydrogen-bond acceptors (Lipinski definition) is 2. The van der Waals surface area contributed by atoms with E-state index in [4.69, 9.17) is 5.11 Å². The van der Waals surface area contributed by atoms with Crippen LogP contribution in [0.3, 0.4) is 0 Å². The molecule has 1 aliphatic heterocycles. The summed E-state index contributed by atoms with van der Waals surface area (Å²) in [5, 5.41) is 8.87. The van der Waals surface area contributed by atoms with Gasteiger partial charge in [-0.1, -0.05) is 12.1 Å². The van der Waals surface area contributed by atoms with Crippen LogP contribution in [0, 0.1) is 0 Å². The lowest BCUT2D eigenvalue weighted by molar-refractivity contribution is -0.130. The monoisotopic (exact) mass is 263 g/mol. The van der Waals surface area contributed by atoms with E-state index < -0.39 is 5.97 Å². The Balaban J connectivity index is 2.04. The summed E-state index contributed by atoms with van der Waals surface area (Å²) >= 11 is 0. The van der Waals surface area contributed by atoms with Gasteiger partial charge in [0.05, 0.1) is 18.5 Å². The number of nitrogens with zero attached hydrogens (tertiary/aromatic N) is 1. The fraction of sp³-hybridized carbons (Fsp3) is 0.286. The Morgan fingerprint density at radius 3 is 2.84 bits per heavy atom. The van der Waals surface area contributed by atoms with Gasteiger partial charge >= 0.3 is 5.97 Å². The molecule has 1 heterocycles. The van der Waals surface area contributed by atoms with Crippen LogP contribution in [-0.2, 0) is 11.2 Å². The van der Waals surface area contributed by atoms with E-state index in [1.807, 2.05) is 0 Å². The summed E-state index contributed by atoms with van der Waals surface area (Å²) in [7, 11) is 0. The molecule has 1 amide bonds. The van der Waals surface area contributed by atoms with Crippen molar-refractivity contribution < 1.29 is 19.1 Å². The minimum Gasteiger partial charge on any atom is -0.478 e. The van der Waals surface area contributed by atoms with Crippen molar-refractivity contribution in [2.24, 2.45) is 0 Å². The Hall–Kier alpha value is -2.17. The number of aromatic carboxylic acids is 1. The van der Waals surface area contributed by atoms with Crippen molar-refractivity contribution >= 4 is 11.9 Å². The van der Waals surface area contributed by atoms with Gasteiger partial charge in [-0.2, -0.15) is 0 Å². The summed E-state index contributed by atoms with van der Waals surface area (Å²) in [6.45, 7) is 0.516. The smallest absolute Gasteiger partial charge is 0.335 e. The first-order valence-corrected chi connectivity index (χ1v) is 6.01. The molecular formula is C14H14FNO3. The Morgan fingerprint density at radius 2 is 2.16 bits per heavy atom. The molecule has 1 aromatic carbocycles. The summed E-state index contributed by atoms with van der Waals surface area (Å²) in [5.74, 6) is -1.51. The van der Waals surface area contributed by atoms with Crippen LogP contribution in [-0.4, -0.2) is 35.0 Å². The molecule has 0 unspecified atom stereocenters. The van der Waals surface area contributed by atoms with Crippen LogP contribution in [0.25, 0.3) is 0 Å². The van der Waals surface area contributed by atoms with Crippen LogP contribution in [0.2, 0.25) is 0 Å². The summed E-state index contributed by atoms with van der Waals surface area (Å²) in [6.07, 6.45) is 2.09. The van der Waals surface area contributed by atoms with Gasteiger partial charge in [0.1, 0.15) is 5.83 Å². The topological polar surface area (TPSA) is 57.6 Å². The quantitative estimate of drug-likeness (QED) is 0.907. The first-order valence-electron chi connectivity index (χ1n) is 6.01. The average Bonchev–Trinajstić information content (AvgIpc) is 2.39. The van der Waals surface area contributed by atoms with Gasteiger partial charge in [-0.05, 0) is 30.2 Å². The van der Waals surface area contributed by atoms with E-state index in [0.29, 0.717) is 18.5 Å². The molecule has 5 heteroatoms. The Kier molecular flexibility index (Phi) is 3.94. The molecule has 1 N–H and O–H groups in total. The highest BCUT2D eigenvalue weighted by Gasteiger charge is 2.18. The van der Waals surface area contributed by atoms with Crippen LogP contribution < -0.4 is 0 Å². The Bertz CT molecular complexity index is 539. The largest absolute Gasteiger partial charge is 0.478 e. The lowest BCUT2D eigenvalue weighted by atomic mass is 10.1. The Morgan fingerprint density at radius 1 is 1.37 bits per heavy atom. The molecule has 1 aliphatic rings. The van der Waals surface area contributed by atoms with Gasteiger partial charge in [-0.25, -0.2) is 9.18 Å². The minimum absolute atomic E-state index is 0.0114. The number of hydrogen-bond donors (Lipinski definition) is 1. The zero-order valence-electron chi connectivity index (χ0n) is 10.3. The van der Waals surface area contributed by atoms with Gasteiger partial charge in [0.15, 0.2) is 0 Å². The molecule has 0 aliphatic carbocycles. The van der Waals surface area contributed by atoms with Gasteiger partial charge in [0.2, 0.25) is 5.91 Å². The zero-order valence-corrected chi connectivity index (χ0v) is 10.3. The van der Waals surface area contributed by atoms with Gasteiger partial charge < -0.3 is 10.0 Å². The fourth-order valence-corrected chi connectivity index (χ4v) is 2.02. The van der Waals surface area contributed by atoms with Crippen LogP contribution in [0.15, 0.2) is 36.2 Å². The second kappa shape index (κ2) is 5.65. The van der Waals surface area contributed by atoms with Crippen LogP contribution in [0.4, 0.5) is 4.39 Å². The second-order valence-corrected chi connectivity index (χ2v) is 4.44. The first-order chi connectivity index (χ1) is 9.06. The summed E-state index contributed by atoms with van der Waals surface area (Å²) in [6, 6.07) is 6.24. The molecule has 0 aromatic heterocycles. The van der Waals surface area contributed by atoms with Crippen molar-refractivity contribution in [1.29, 1.82) is 0 Å². The molecule has 0 bridgehead atoms. The third kappa shape index (κ3) is 3.40. The Labute approximate surface area is 110 Å². The van der Waals surface area contributed by atoms with E-state index in [0.717, 1.165) is 0 Å². The van der Waals surface area contributed by atoms with Crippen molar-refractivity contribution in [3.63, 3.8) is 0 Å². The third-order valence-corrected chi connectivity index (χ3v) is 2.99. The van der Waals surface area contributed by atoms with E-state index in [-0.39, 0.29) is 30.3 Å². The number of halogens is 1. The van der Waals surface area contributed by atoms with Crippen LogP contribution in [0.5, 0.6) is 0 Å². The fourth-order valence-electron chi connectivity index (χ4n) is 2.02. The molecule has 0 spiro atoms. The molecule has 100 valence electrons. The molecule has 0 saturated carbocycles. The van der Waals surface area contributed by atoms with Crippen LogP contribution >= 0.6 is 0 Å². The summed E-state index contributed by atoms with van der Waals surface area (Å²) in [4.78, 5) is 24.3. The van der Waals surface area contributed by atoms with E-state index in [1.54, 1.807) is 12.1 Å². The van der Waals surface area contributed by atoms with E-state index >= 15 is 0 Å². The predicted octanol–water partition coefficient (Wildman–Crippen LogP) is 2.01. The van der Waals surface area contributed by atoms with Crippen molar-refractivity contribution in [2.75, 3.05) is 13.1 Å². The van der Waals surface area contributed by atoms with Crippen molar-refractivity contribution in [3.05, 3.63) is 47.3 Å². The van der Waals surface area contributed by atoms with Crippen LogP contribution in [0.1, 0.15) is 22.3 Å². The predicted molar refractivity (Wildman–Crippen MR) is 67.5 cm³/mol. The molecule has 0 fully saturated rings. The second-order valence-electron chi connectivity index (χ2n) is 4.44. The molecule has 2 rings (SSSR count). The maximum absolute atomic E-state index is 13.1. The molecular weight excluding hydrogens is 249 g/mol. The first kappa shape index (κ1) is 13.3. The highest BCUT2D eigenvalue weighted by molar-refractivity contribution is 5.88. The number of rotatable bonds is 3. The highest BCUT2D eigenvalue weighted by Crippen LogP contribution is 2.13. The van der Waals surface area contributed by atoms with Gasteiger partial charge in [0.25, 0.3) is 0 Å². The number of benzene rings is 1. The molecule has 19 heavy (non-hydrogen) atoms. The molecule has 0 atom stereocenters. The molecule has 0 saturated heterocycles. The number of carboxylic acid groups (broad SMARTS) is 1. The molecule has 1 aromatic rings. The molecule has 4 nitrogen and oxygen atoms in total. The number of carboxylic acids is 1. The summed E-state index contributed by atoms with van der Waals surface area (Å²) < 4.78 is 13.1. The standard InChI is InChI=1S/C14H14FNO3/c15-12-5-2-6-16(9-12)13(17)8-10-3-1-4-11(7-10)14(18)19/h1,3-5,7H,2,6,8-9H2,(H,18,19). The number of amides is 1. The minimum atomic E-state index is -1.03. The maximum Gasteiger partial charge on any atom is 0.335 e. The maximum atomic E-state index is 13.1. The van der Waals surface area contributed by atoms with Gasteiger partial charge in [0, 0.05) is 6.54 Å². The third-order valence-electron chi connectivity index (χ3n) is 2.99. The number of carbonyl (C=O) groups excluding carboxylic acids is 1. The van der Waals surface area contributed by atoms with Crippen molar-refractivity contribution in [1.82, 2.24) is 4.90 Å². The van der Waals surface area contributed by atoms with E-state index in [2.05, 4.69) is 0 Å².